The molecule has 1 saturated heterocycles. The van der Waals surface area contributed by atoms with E-state index in [4.69, 9.17) is 4.74 Å². The van der Waals surface area contributed by atoms with Gasteiger partial charge in [-0.05, 0) is 25.0 Å². The lowest BCUT2D eigenvalue weighted by Crippen LogP contribution is -2.42. The van der Waals surface area contributed by atoms with Gasteiger partial charge in [0.1, 0.15) is 11.8 Å². The van der Waals surface area contributed by atoms with Crippen LogP contribution in [0.5, 0.6) is 5.75 Å². The maximum atomic E-state index is 12.2. The van der Waals surface area contributed by atoms with Crippen molar-refractivity contribution in [2.45, 2.75) is 25.8 Å². The third-order valence-electron chi connectivity index (χ3n) is 3.30. The summed E-state index contributed by atoms with van der Waals surface area (Å²) in [5, 5.41) is 2.83. The standard InChI is InChI=1S/C14H18N2O3/c1-10(17)16-8-4-7-13(16)14(18)15-11-5-3-6-12(9-11)19-2/h3,5-6,9,13H,4,7-8H2,1-2H3,(H,15,18)/t13-/m0/s1. The Labute approximate surface area is 112 Å². The number of rotatable bonds is 3. The Morgan fingerprint density at radius 2 is 2.21 bits per heavy atom. The van der Waals surface area contributed by atoms with Gasteiger partial charge in [-0.2, -0.15) is 0 Å². The number of anilines is 1. The molecule has 1 N–H and O–H groups in total. The van der Waals surface area contributed by atoms with Crippen molar-refractivity contribution in [3.05, 3.63) is 24.3 Å². The molecule has 1 aromatic rings. The highest BCUT2D eigenvalue weighted by Crippen LogP contribution is 2.21. The highest BCUT2D eigenvalue weighted by atomic mass is 16.5. The fraction of sp³-hybridized carbons (Fsp3) is 0.429. The zero-order valence-electron chi connectivity index (χ0n) is 11.2. The molecule has 19 heavy (non-hydrogen) atoms. The van der Waals surface area contributed by atoms with Crippen molar-refractivity contribution in [2.24, 2.45) is 0 Å². The first-order valence-electron chi connectivity index (χ1n) is 6.34. The van der Waals surface area contributed by atoms with Crippen LogP contribution in [0.3, 0.4) is 0 Å². The molecule has 0 aromatic heterocycles. The molecule has 102 valence electrons. The minimum absolute atomic E-state index is 0.0525. The molecule has 0 aliphatic carbocycles. The lowest BCUT2D eigenvalue weighted by Gasteiger charge is -2.22. The van der Waals surface area contributed by atoms with Crippen molar-refractivity contribution in [1.29, 1.82) is 0 Å². The summed E-state index contributed by atoms with van der Waals surface area (Å²) in [5.41, 5.74) is 0.680. The van der Waals surface area contributed by atoms with Gasteiger partial charge in [-0.15, -0.1) is 0 Å². The molecule has 1 aliphatic heterocycles. The van der Waals surface area contributed by atoms with E-state index in [9.17, 15) is 9.59 Å². The van der Waals surface area contributed by atoms with Gasteiger partial charge in [0.05, 0.1) is 7.11 Å². The van der Waals surface area contributed by atoms with E-state index >= 15 is 0 Å². The van der Waals surface area contributed by atoms with Crippen molar-refractivity contribution in [3.8, 4) is 5.75 Å². The van der Waals surface area contributed by atoms with Crippen LogP contribution in [0.1, 0.15) is 19.8 Å². The van der Waals surface area contributed by atoms with Gasteiger partial charge >= 0.3 is 0 Å². The second kappa shape index (κ2) is 5.73. The van der Waals surface area contributed by atoms with Gasteiger partial charge in [-0.1, -0.05) is 6.07 Å². The number of carbonyl (C=O) groups is 2. The van der Waals surface area contributed by atoms with Gasteiger partial charge in [0, 0.05) is 25.2 Å². The molecule has 0 saturated carbocycles. The molecule has 0 unspecified atom stereocenters. The zero-order chi connectivity index (χ0) is 13.8. The summed E-state index contributed by atoms with van der Waals surface area (Å²) in [4.78, 5) is 25.2. The molecule has 5 nitrogen and oxygen atoms in total. The van der Waals surface area contributed by atoms with Crippen molar-refractivity contribution in [3.63, 3.8) is 0 Å². The Bertz CT molecular complexity index is 487. The number of methoxy groups -OCH3 is 1. The smallest absolute Gasteiger partial charge is 0.247 e. The van der Waals surface area contributed by atoms with E-state index in [0.717, 1.165) is 12.8 Å². The molecule has 1 fully saturated rings. The Balaban J connectivity index is 2.06. The molecular formula is C14H18N2O3. The molecule has 2 amide bonds. The molecule has 0 bridgehead atoms. The van der Waals surface area contributed by atoms with Crippen LogP contribution in [0.15, 0.2) is 24.3 Å². The molecule has 5 heteroatoms. The van der Waals surface area contributed by atoms with Gasteiger partial charge in [0.15, 0.2) is 0 Å². The first kappa shape index (κ1) is 13.4. The molecule has 1 heterocycles. The highest BCUT2D eigenvalue weighted by Gasteiger charge is 2.32. The molecule has 1 aliphatic rings. The largest absolute Gasteiger partial charge is 0.497 e. The van der Waals surface area contributed by atoms with Crippen molar-refractivity contribution >= 4 is 17.5 Å². The van der Waals surface area contributed by atoms with E-state index in [1.54, 1.807) is 24.1 Å². The third kappa shape index (κ3) is 3.05. The summed E-state index contributed by atoms with van der Waals surface area (Å²) in [5.74, 6) is 0.497. The summed E-state index contributed by atoms with van der Waals surface area (Å²) >= 11 is 0. The van der Waals surface area contributed by atoms with Crippen LogP contribution < -0.4 is 10.1 Å². The van der Waals surface area contributed by atoms with E-state index in [1.807, 2.05) is 12.1 Å². The van der Waals surface area contributed by atoms with Crippen LogP contribution in [-0.2, 0) is 9.59 Å². The first-order valence-corrected chi connectivity index (χ1v) is 6.34. The Morgan fingerprint density at radius 1 is 1.42 bits per heavy atom. The number of ether oxygens (including phenoxy) is 1. The summed E-state index contributed by atoms with van der Waals surface area (Å²) in [6, 6.07) is 6.82. The van der Waals surface area contributed by atoms with Gasteiger partial charge in [0.2, 0.25) is 11.8 Å². The normalized spacial score (nSPS) is 18.2. The quantitative estimate of drug-likeness (QED) is 0.901. The van der Waals surface area contributed by atoms with Crippen LogP contribution in [0.25, 0.3) is 0 Å². The van der Waals surface area contributed by atoms with Gasteiger partial charge in [0.25, 0.3) is 0 Å². The number of benzene rings is 1. The second-order valence-corrected chi connectivity index (χ2v) is 4.59. The molecule has 1 atom stereocenters. The van der Waals surface area contributed by atoms with E-state index in [0.29, 0.717) is 18.0 Å². The number of amides is 2. The molecule has 2 rings (SSSR count). The number of hydrogen-bond acceptors (Lipinski definition) is 3. The molecular weight excluding hydrogens is 244 g/mol. The average Bonchev–Trinajstić information content (AvgIpc) is 2.88. The third-order valence-corrected chi connectivity index (χ3v) is 3.30. The topological polar surface area (TPSA) is 58.6 Å². The van der Waals surface area contributed by atoms with Crippen molar-refractivity contribution < 1.29 is 14.3 Å². The predicted octanol–water partition coefficient (Wildman–Crippen LogP) is 1.64. The number of carbonyl (C=O) groups excluding carboxylic acids is 2. The maximum Gasteiger partial charge on any atom is 0.247 e. The van der Waals surface area contributed by atoms with E-state index in [1.165, 1.54) is 6.92 Å². The number of hydrogen-bond donors (Lipinski definition) is 1. The number of nitrogens with one attached hydrogen (secondary N) is 1. The van der Waals surface area contributed by atoms with Gasteiger partial charge in [-0.25, -0.2) is 0 Å². The summed E-state index contributed by atoms with van der Waals surface area (Å²) in [6.45, 7) is 2.16. The van der Waals surface area contributed by atoms with E-state index in [2.05, 4.69) is 5.32 Å². The van der Waals surface area contributed by atoms with E-state index in [-0.39, 0.29) is 17.9 Å². The number of likely N-dealkylation sites (tertiary alicyclic amines) is 1. The first-order chi connectivity index (χ1) is 9.11. The van der Waals surface area contributed by atoms with Gasteiger partial charge in [-0.3, -0.25) is 9.59 Å². The maximum absolute atomic E-state index is 12.2. The fourth-order valence-electron chi connectivity index (χ4n) is 2.34. The van der Waals surface area contributed by atoms with Crippen LogP contribution in [0.2, 0.25) is 0 Å². The predicted molar refractivity (Wildman–Crippen MR) is 72.0 cm³/mol. The minimum Gasteiger partial charge on any atom is -0.497 e. The summed E-state index contributed by atoms with van der Waals surface area (Å²) < 4.78 is 5.11. The average molecular weight is 262 g/mol. The lowest BCUT2D eigenvalue weighted by atomic mass is 10.2. The monoisotopic (exact) mass is 262 g/mol. The van der Waals surface area contributed by atoms with Crippen LogP contribution in [0.4, 0.5) is 5.69 Å². The Kier molecular flexibility index (Phi) is 4.04. The lowest BCUT2D eigenvalue weighted by molar-refractivity contribution is -0.134. The van der Waals surface area contributed by atoms with Crippen LogP contribution in [-0.4, -0.2) is 36.4 Å². The summed E-state index contributed by atoms with van der Waals surface area (Å²) in [6.07, 6.45) is 1.59. The van der Waals surface area contributed by atoms with Crippen LogP contribution >= 0.6 is 0 Å². The minimum atomic E-state index is -0.358. The zero-order valence-corrected chi connectivity index (χ0v) is 11.2. The molecule has 1 aromatic carbocycles. The van der Waals surface area contributed by atoms with E-state index < -0.39 is 0 Å². The number of nitrogens with zero attached hydrogens (tertiary/aromatic N) is 1. The van der Waals surface area contributed by atoms with Crippen molar-refractivity contribution in [1.82, 2.24) is 4.90 Å². The van der Waals surface area contributed by atoms with Crippen LogP contribution in [0, 0.1) is 0 Å². The SMILES string of the molecule is COc1cccc(NC(=O)[C@@H]2CCCN2C(C)=O)c1. The molecule has 0 spiro atoms. The Hall–Kier alpha value is -2.04. The van der Waals surface area contributed by atoms with Crippen molar-refractivity contribution in [2.75, 3.05) is 19.0 Å². The molecule has 0 radical (unpaired) electrons. The Morgan fingerprint density at radius 3 is 2.89 bits per heavy atom. The summed E-state index contributed by atoms with van der Waals surface area (Å²) in [7, 11) is 1.58. The second-order valence-electron chi connectivity index (χ2n) is 4.59. The van der Waals surface area contributed by atoms with Gasteiger partial charge < -0.3 is 15.0 Å². The fourth-order valence-corrected chi connectivity index (χ4v) is 2.34. The highest BCUT2D eigenvalue weighted by molar-refractivity contribution is 5.97.